The molecule has 1 aromatic carbocycles. The van der Waals surface area contributed by atoms with Gasteiger partial charge < -0.3 is 4.74 Å². The van der Waals surface area contributed by atoms with E-state index < -0.39 is 10.0 Å². The number of hydrogen-bond acceptors (Lipinski definition) is 6. The monoisotopic (exact) mass is 405 g/mol. The van der Waals surface area contributed by atoms with Gasteiger partial charge in [0.15, 0.2) is 5.69 Å². The van der Waals surface area contributed by atoms with Crippen molar-refractivity contribution in [1.29, 1.82) is 5.26 Å². The third-order valence-corrected chi connectivity index (χ3v) is 4.96. The second-order valence-corrected chi connectivity index (χ2v) is 7.78. The summed E-state index contributed by atoms with van der Waals surface area (Å²) < 4.78 is 30.9. The van der Waals surface area contributed by atoms with E-state index >= 15 is 0 Å². The van der Waals surface area contributed by atoms with Crippen LogP contribution in [0.15, 0.2) is 35.5 Å². The van der Waals surface area contributed by atoms with Gasteiger partial charge in [0.05, 0.1) is 23.7 Å². The van der Waals surface area contributed by atoms with Gasteiger partial charge in [0.25, 0.3) is 0 Å². The highest BCUT2D eigenvalue weighted by atomic mass is 35.5. The van der Waals surface area contributed by atoms with Crippen molar-refractivity contribution < 1.29 is 13.2 Å². The van der Waals surface area contributed by atoms with Crippen LogP contribution in [0.3, 0.4) is 0 Å². The molecular formula is C17H16ClN5O3S. The van der Waals surface area contributed by atoms with Crippen molar-refractivity contribution >= 4 is 32.5 Å². The molecule has 0 spiro atoms. The lowest BCUT2D eigenvalue weighted by molar-refractivity contribution is 0.134. The highest BCUT2D eigenvalue weighted by Gasteiger charge is 2.17. The Hall–Kier alpha value is -2.51. The SMILES string of the molecule is CCOCc1cn(Cc2cc(S(N)(=O)=O)c3ncc(Cl)cc3c2)nc1C#N. The Morgan fingerprint density at radius 3 is 2.81 bits per heavy atom. The minimum atomic E-state index is -3.98. The topological polar surface area (TPSA) is 124 Å². The lowest BCUT2D eigenvalue weighted by Crippen LogP contribution is -2.14. The zero-order valence-electron chi connectivity index (χ0n) is 14.4. The number of benzene rings is 1. The summed E-state index contributed by atoms with van der Waals surface area (Å²) in [6.45, 7) is 2.90. The zero-order chi connectivity index (χ0) is 19.6. The first kappa shape index (κ1) is 19.3. The highest BCUT2D eigenvalue weighted by Crippen LogP contribution is 2.25. The first-order chi connectivity index (χ1) is 12.8. The molecule has 2 aromatic heterocycles. The number of hydrogen-bond donors (Lipinski definition) is 1. The van der Waals surface area contributed by atoms with Crippen molar-refractivity contribution in [2.75, 3.05) is 6.61 Å². The second-order valence-electron chi connectivity index (χ2n) is 5.81. The highest BCUT2D eigenvalue weighted by molar-refractivity contribution is 7.89. The maximum Gasteiger partial charge on any atom is 0.240 e. The number of primary sulfonamides is 1. The number of halogens is 1. The molecule has 27 heavy (non-hydrogen) atoms. The molecule has 0 fully saturated rings. The van der Waals surface area contributed by atoms with E-state index in [9.17, 15) is 13.7 Å². The third kappa shape index (κ3) is 4.26. The molecule has 3 rings (SSSR count). The van der Waals surface area contributed by atoms with E-state index in [4.69, 9.17) is 21.5 Å². The molecule has 0 aliphatic rings. The molecule has 3 aromatic rings. The molecular weight excluding hydrogens is 390 g/mol. The fourth-order valence-electron chi connectivity index (χ4n) is 2.70. The van der Waals surface area contributed by atoms with Gasteiger partial charge in [-0.1, -0.05) is 11.6 Å². The predicted octanol–water partition coefficient (Wildman–Crippen LogP) is 2.19. The Labute approximate surface area is 161 Å². The number of nitrogens with zero attached hydrogens (tertiary/aromatic N) is 4. The van der Waals surface area contributed by atoms with Crippen molar-refractivity contribution in [3.63, 3.8) is 0 Å². The summed E-state index contributed by atoms with van der Waals surface area (Å²) >= 11 is 5.98. The van der Waals surface area contributed by atoms with Gasteiger partial charge in [-0.3, -0.25) is 9.67 Å². The van der Waals surface area contributed by atoms with Crippen LogP contribution in [0.1, 0.15) is 23.7 Å². The van der Waals surface area contributed by atoms with Crippen LogP contribution in [0.25, 0.3) is 10.9 Å². The van der Waals surface area contributed by atoms with E-state index in [0.717, 1.165) is 0 Å². The van der Waals surface area contributed by atoms with Crippen LogP contribution in [0.4, 0.5) is 0 Å². The number of aromatic nitrogens is 3. The molecule has 0 unspecified atom stereocenters. The quantitative estimate of drug-likeness (QED) is 0.670. The van der Waals surface area contributed by atoms with Gasteiger partial charge in [0.1, 0.15) is 11.0 Å². The fraction of sp³-hybridized carbons (Fsp3) is 0.235. The molecule has 0 saturated carbocycles. The van der Waals surface area contributed by atoms with Crippen LogP contribution in [0.5, 0.6) is 0 Å². The number of ether oxygens (including phenoxy) is 1. The van der Waals surface area contributed by atoms with Gasteiger partial charge in [-0.15, -0.1) is 0 Å². The average Bonchev–Trinajstić information content (AvgIpc) is 2.99. The van der Waals surface area contributed by atoms with E-state index in [2.05, 4.69) is 10.1 Å². The summed E-state index contributed by atoms with van der Waals surface area (Å²) in [4.78, 5) is 4.00. The Morgan fingerprint density at radius 2 is 2.15 bits per heavy atom. The zero-order valence-corrected chi connectivity index (χ0v) is 16.0. The van der Waals surface area contributed by atoms with E-state index in [1.807, 2.05) is 13.0 Å². The minimum Gasteiger partial charge on any atom is -0.377 e. The number of nitriles is 1. The van der Waals surface area contributed by atoms with Crippen LogP contribution < -0.4 is 5.14 Å². The Balaban J connectivity index is 2.05. The molecule has 10 heteroatoms. The molecule has 8 nitrogen and oxygen atoms in total. The number of nitrogens with two attached hydrogens (primary N) is 1. The number of pyridine rings is 1. The lowest BCUT2D eigenvalue weighted by Gasteiger charge is -2.09. The fourth-order valence-corrected chi connectivity index (χ4v) is 3.62. The molecule has 0 aliphatic heterocycles. The van der Waals surface area contributed by atoms with Crippen molar-refractivity contribution in [2.45, 2.75) is 25.0 Å². The summed E-state index contributed by atoms with van der Waals surface area (Å²) in [6, 6.07) is 6.86. The normalized spacial score (nSPS) is 11.6. The van der Waals surface area contributed by atoms with Crippen LogP contribution in [0, 0.1) is 11.3 Å². The van der Waals surface area contributed by atoms with Gasteiger partial charge >= 0.3 is 0 Å². The minimum absolute atomic E-state index is 0.0890. The number of rotatable bonds is 6. The van der Waals surface area contributed by atoms with Crippen LogP contribution in [-0.2, 0) is 27.9 Å². The lowest BCUT2D eigenvalue weighted by atomic mass is 10.1. The van der Waals surface area contributed by atoms with Gasteiger partial charge in [-0.05, 0) is 30.7 Å². The van der Waals surface area contributed by atoms with Crippen molar-refractivity contribution in [2.24, 2.45) is 5.14 Å². The Kier molecular flexibility index (Phi) is 5.43. The molecule has 140 valence electrons. The number of fused-ring (bicyclic) bond motifs is 1. The third-order valence-electron chi connectivity index (χ3n) is 3.83. The second kappa shape index (κ2) is 7.62. The van der Waals surface area contributed by atoms with Gasteiger partial charge in [0, 0.05) is 30.0 Å². The molecule has 2 N–H and O–H groups in total. The first-order valence-electron chi connectivity index (χ1n) is 7.97. The average molecular weight is 406 g/mol. The standard InChI is InChI=1S/C17H16ClN5O3S/c1-2-26-10-13-9-23(22-15(13)6-19)8-11-3-12-5-14(18)7-21-17(12)16(4-11)27(20,24)25/h3-5,7,9H,2,8,10H2,1H3,(H2,20,24,25). The van der Waals surface area contributed by atoms with E-state index in [-0.39, 0.29) is 29.3 Å². The summed E-state index contributed by atoms with van der Waals surface area (Å²) in [5.74, 6) is 0. The molecule has 0 atom stereocenters. The maximum atomic E-state index is 12.0. The van der Waals surface area contributed by atoms with Crippen LogP contribution >= 0.6 is 11.6 Å². The number of sulfonamides is 1. The van der Waals surface area contributed by atoms with Gasteiger partial charge in [-0.25, -0.2) is 13.6 Å². The van der Waals surface area contributed by atoms with Crippen LogP contribution in [-0.4, -0.2) is 29.8 Å². The van der Waals surface area contributed by atoms with Gasteiger partial charge in [-0.2, -0.15) is 10.4 Å². The first-order valence-corrected chi connectivity index (χ1v) is 9.89. The summed E-state index contributed by atoms with van der Waals surface area (Å²) in [7, 11) is -3.98. The van der Waals surface area contributed by atoms with E-state index in [1.54, 1.807) is 23.0 Å². The van der Waals surface area contributed by atoms with E-state index in [0.29, 0.717) is 28.1 Å². The maximum absolute atomic E-state index is 12.0. The molecule has 0 aliphatic carbocycles. The van der Waals surface area contributed by atoms with Crippen molar-refractivity contribution in [3.05, 3.63) is 52.4 Å². The van der Waals surface area contributed by atoms with E-state index in [1.165, 1.54) is 12.3 Å². The molecule has 0 radical (unpaired) electrons. The molecule has 2 heterocycles. The Bertz CT molecular complexity index is 1150. The summed E-state index contributed by atoms with van der Waals surface area (Å²) in [5.41, 5.74) is 1.81. The predicted molar refractivity (Wildman–Crippen MR) is 99.5 cm³/mol. The van der Waals surface area contributed by atoms with Crippen LogP contribution in [0.2, 0.25) is 5.02 Å². The smallest absolute Gasteiger partial charge is 0.240 e. The summed E-state index contributed by atoms with van der Waals surface area (Å²) in [5, 5.41) is 19.7. The molecule has 0 bridgehead atoms. The summed E-state index contributed by atoms with van der Waals surface area (Å²) in [6.07, 6.45) is 3.07. The van der Waals surface area contributed by atoms with Crippen molar-refractivity contribution in [1.82, 2.24) is 14.8 Å². The molecule has 0 saturated heterocycles. The Morgan fingerprint density at radius 1 is 1.37 bits per heavy atom. The van der Waals surface area contributed by atoms with Crippen molar-refractivity contribution in [3.8, 4) is 6.07 Å². The molecule has 0 amide bonds. The largest absolute Gasteiger partial charge is 0.377 e. The van der Waals surface area contributed by atoms with Gasteiger partial charge in [0.2, 0.25) is 10.0 Å².